The number of halogens is 1. The molecule has 1 N–H and O–H groups in total. The van der Waals surface area contributed by atoms with Gasteiger partial charge in [-0.25, -0.2) is 0 Å². The van der Waals surface area contributed by atoms with Gasteiger partial charge < -0.3 is 5.11 Å². The predicted octanol–water partition coefficient (Wildman–Crippen LogP) is 3.09. The molecule has 0 aromatic heterocycles. The van der Waals surface area contributed by atoms with E-state index in [1.807, 2.05) is 19.9 Å². The molecule has 0 heterocycles. The molecule has 0 aliphatic heterocycles. The minimum absolute atomic E-state index is 0.177. The van der Waals surface area contributed by atoms with E-state index in [0.29, 0.717) is 11.4 Å². The molecule has 0 radical (unpaired) electrons. The summed E-state index contributed by atoms with van der Waals surface area (Å²) in [7, 11) is 0. The molecule has 80 valence electrons. The Morgan fingerprint density at radius 3 is 2.47 bits per heavy atom. The molecule has 1 atom stereocenters. The van der Waals surface area contributed by atoms with Crippen molar-refractivity contribution >= 4 is 17.6 Å². The van der Waals surface area contributed by atoms with Crippen LogP contribution in [0.5, 0.6) is 0 Å². The topological polar surface area (TPSA) is 37.3 Å². The third kappa shape index (κ3) is 1.36. The number of hydrogen-bond acceptors (Lipinski definition) is 1. The second-order valence-corrected chi connectivity index (χ2v) is 5.22. The lowest BCUT2D eigenvalue weighted by molar-refractivity contribution is -0.141. The standard InChI is InChI=1S/C12H13ClO2/c1-11(2)7-12(11,10(14)15)8-4-3-5-9(13)6-8/h3-6H,7H2,1-2H3,(H,14,15). The van der Waals surface area contributed by atoms with Crippen LogP contribution in [0.1, 0.15) is 25.8 Å². The van der Waals surface area contributed by atoms with Gasteiger partial charge in [0, 0.05) is 5.02 Å². The Kier molecular flexibility index (Phi) is 2.09. The van der Waals surface area contributed by atoms with Crippen LogP contribution in [0.15, 0.2) is 24.3 Å². The van der Waals surface area contributed by atoms with Gasteiger partial charge in [-0.15, -0.1) is 0 Å². The number of aliphatic carboxylic acids is 1. The van der Waals surface area contributed by atoms with Crippen LogP contribution in [-0.4, -0.2) is 11.1 Å². The highest BCUT2D eigenvalue weighted by Crippen LogP contribution is 2.64. The highest BCUT2D eigenvalue weighted by molar-refractivity contribution is 6.30. The number of carboxylic acids is 1. The normalized spacial score (nSPS) is 27.4. The molecule has 15 heavy (non-hydrogen) atoms. The second kappa shape index (κ2) is 2.99. The SMILES string of the molecule is CC1(C)CC1(C(=O)O)c1cccc(Cl)c1. The molecule has 2 nitrogen and oxygen atoms in total. The highest BCUT2D eigenvalue weighted by atomic mass is 35.5. The van der Waals surface area contributed by atoms with Crippen molar-refractivity contribution in [1.29, 1.82) is 0 Å². The van der Waals surface area contributed by atoms with E-state index in [1.54, 1.807) is 18.2 Å². The molecule has 1 fully saturated rings. The van der Waals surface area contributed by atoms with Crippen molar-refractivity contribution in [3.63, 3.8) is 0 Å². The molecule has 1 saturated carbocycles. The van der Waals surface area contributed by atoms with Crippen LogP contribution in [0.25, 0.3) is 0 Å². The van der Waals surface area contributed by atoms with Gasteiger partial charge in [0.2, 0.25) is 0 Å². The fourth-order valence-corrected chi connectivity index (χ4v) is 2.54. The highest BCUT2D eigenvalue weighted by Gasteiger charge is 2.67. The molecule has 0 spiro atoms. The summed E-state index contributed by atoms with van der Waals surface area (Å²) in [5.74, 6) is -0.755. The van der Waals surface area contributed by atoms with Gasteiger partial charge in [0.25, 0.3) is 0 Å². The molecule has 0 saturated heterocycles. The van der Waals surface area contributed by atoms with E-state index >= 15 is 0 Å². The molecule has 1 aromatic rings. The number of rotatable bonds is 2. The lowest BCUT2D eigenvalue weighted by Gasteiger charge is -2.16. The third-order valence-corrected chi connectivity index (χ3v) is 3.66. The molecular formula is C12H13ClO2. The van der Waals surface area contributed by atoms with Crippen LogP contribution in [0, 0.1) is 5.41 Å². The van der Waals surface area contributed by atoms with Crippen LogP contribution >= 0.6 is 11.6 Å². The summed E-state index contributed by atoms with van der Waals surface area (Å²) in [6, 6.07) is 7.16. The van der Waals surface area contributed by atoms with Crippen molar-refractivity contribution in [2.45, 2.75) is 25.7 Å². The zero-order chi connectivity index (χ0) is 11.3. The maximum absolute atomic E-state index is 11.4. The number of hydrogen-bond donors (Lipinski definition) is 1. The van der Waals surface area contributed by atoms with Crippen molar-refractivity contribution < 1.29 is 9.90 Å². The van der Waals surface area contributed by atoms with Crippen molar-refractivity contribution in [3.8, 4) is 0 Å². The molecular weight excluding hydrogens is 212 g/mol. The van der Waals surface area contributed by atoms with E-state index in [0.717, 1.165) is 5.56 Å². The minimum atomic E-state index is -0.755. The van der Waals surface area contributed by atoms with Crippen molar-refractivity contribution in [2.75, 3.05) is 0 Å². The van der Waals surface area contributed by atoms with Gasteiger partial charge in [0.15, 0.2) is 0 Å². The van der Waals surface area contributed by atoms with E-state index in [2.05, 4.69) is 0 Å². The summed E-state index contributed by atoms with van der Waals surface area (Å²) in [6.45, 7) is 3.95. The summed E-state index contributed by atoms with van der Waals surface area (Å²) in [4.78, 5) is 11.4. The molecule has 3 heteroatoms. The van der Waals surface area contributed by atoms with Crippen LogP contribution in [0.4, 0.5) is 0 Å². The first-order valence-electron chi connectivity index (χ1n) is 4.90. The predicted molar refractivity (Wildman–Crippen MR) is 59.2 cm³/mol. The van der Waals surface area contributed by atoms with Crippen molar-refractivity contribution in [2.24, 2.45) is 5.41 Å². The van der Waals surface area contributed by atoms with Crippen LogP contribution < -0.4 is 0 Å². The van der Waals surface area contributed by atoms with Gasteiger partial charge in [0.05, 0.1) is 5.41 Å². The zero-order valence-electron chi connectivity index (χ0n) is 8.75. The maximum atomic E-state index is 11.4. The molecule has 0 amide bonds. The number of carboxylic acid groups (broad SMARTS) is 1. The molecule has 0 bridgehead atoms. The van der Waals surface area contributed by atoms with E-state index in [4.69, 9.17) is 11.6 Å². The van der Waals surface area contributed by atoms with E-state index in [1.165, 1.54) is 0 Å². The van der Waals surface area contributed by atoms with E-state index in [9.17, 15) is 9.90 Å². The quantitative estimate of drug-likeness (QED) is 0.838. The van der Waals surface area contributed by atoms with Crippen LogP contribution in [0.3, 0.4) is 0 Å². The first-order chi connectivity index (χ1) is 6.90. The first kappa shape index (κ1) is 10.5. The maximum Gasteiger partial charge on any atom is 0.314 e. The molecule has 1 aliphatic rings. The van der Waals surface area contributed by atoms with E-state index in [-0.39, 0.29) is 5.41 Å². The van der Waals surface area contributed by atoms with Gasteiger partial charge in [-0.1, -0.05) is 37.6 Å². The van der Waals surface area contributed by atoms with Crippen LogP contribution in [0.2, 0.25) is 5.02 Å². The number of carbonyl (C=O) groups is 1. The Morgan fingerprint density at radius 1 is 1.47 bits per heavy atom. The lowest BCUT2D eigenvalue weighted by Crippen LogP contribution is -2.25. The first-order valence-corrected chi connectivity index (χ1v) is 5.27. The summed E-state index contributed by atoms with van der Waals surface area (Å²) < 4.78 is 0. The Bertz CT molecular complexity index is 425. The fraction of sp³-hybridized carbons (Fsp3) is 0.417. The van der Waals surface area contributed by atoms with Gasteiger partial charge in [0.1, 0.15) is 0 Å². The Balaban J connectivity index is 2.50. The summed E-state index contributed by atoms with van der Waals surface area (Å²) in [5.41, 5.74) is -0.103. The summed E-state index contributed by atoms with van der Waals surface area (Å²) >= 11 is 5.88. The monoisotopic (exact) mass is 224 g/mol. The summed E-state index contributed by atoms with van der Waals surface area (Å²) in [5, 5.41) is 9.93. The molecule has 1 unspecified atom stereocenters. The third-order valence-electron chi connectivity index (χ3n) is 3.42. The van der Waals surface area contributed by atoms with Gasteiger partial charge in [-0.2, -0.15) is 0 Å². The second-order valence-electron chi connectivity index (χ2n) is 4.78. The number of benzene rings is 1. The van der Waals surface area contributed by atoms with Crippen molar-refractivity contribution in [3.05, 3.63) is 34.9 Å². The van der Waals surface area contributed by atoms with Crippen molar-refractivity contribution in [1.82, 2.24) is 0 Å². The van der Waals surface area contributed by atoms with E-state index < -0.39 is 11.4 Å². The Labute approximate surface area is 93.9 Å². The Morgan fingerprint density at radius 2 is 2.07 bits per heavy atom. The van der Waals surface area contributed by atoms with Gasteiger partial charge in [-0.3, -0.25) is 4.79 Å². The lowest BCUT2D eigenvalue weighted by atomic mass is 9.88. The molecule has 1 aliphatic carbocycles. The van der Waals surface area contributed by atoms with Gasteiger partial charge >= 0.3 is 5.97 Å². The van der Waals surface area contributed by atoms with Crippen LogP contribution in [-0.2, 0) is 10.2 Å². The Hall–Kier alpha value is -1.02. The minimum Gasteiger partial charge on any atom is -0.481 e. The molecule has 1 aromatic carbocycles. The molecule has 2 rings (SSSR count). The van der Waals surface area contributed by atoms with Gasteiger partial charge in [-0.05, 0) is 29.5 Å². The summed E-state index contributed by atoms with van der Waals surface area (Å²) in [6.07, 6.45) is 0.676. The zero-order valence-corrected chi connectivity index (χ0v) is 9.51. The average molecular weight is 225 g/mol. The largest absolute Gasteiger partial charge is 0.481 e. The average Bonchev–Trinajstić information content (AvgIpc) is 2.71. The smallest absolute Gasteiger partial charge is 0.314 e. The fourth-order valence-electron chi connectivity index (χ4n) is 2.35.